The molecule has 4 aromatic rings. The van der Waals surface area contributed by atoms with Crippen LogP contribution >= 0.6 is 0 Å². The van der Waals surface area contributed by atoms with Crippen LogP contribution in [0.2, 0.25) is 0 Å². The highest BCUT2D eigenvalue weighted by Crippen LogP contribution is 2.36. The molecule has 0 heterocycles. The van der Waals surface area contributed by atoms with E-state index >= 15 is 0 Å². The number of carbonyl (C=O) groups is 1. The van der Waals surface area contributed by atoms with Crippen molar-refractivity contribution in [1.82, 2.24) is 0 Å². The predicted octanol–water partition coefficient (Wildman–Crippen LogP) is 5.76. The van der Waals surface area contributed by atoms with Gasteiger partial charge >= 0.3 is 5.97 Å². The van der Waals surface area contributed by atoms with Crippen molar-refractivity contribution in [3.8, 4) is 16.9 Å². The smallest absolute Gasteiger partial charge is 0.357 e. The van der Waals surface area contributed by atoms with Crippen molar-refractivity contribution in [1.29, 1.82) is 0 Å². The van der Waals surface area contributed by atoms with E-state index in [9.17, 15) is 9.90 Å². The highest BCUT2D eigenvalue weighted by Gasteiger charge is 2.45. The fourth-order valence-corrected chi connectivity index (χ4v) is 3.44. The van der Waals surface area contributed by atoms with E-state index in [1.807, 2.05) is 91.0 Å². The first-order chi connectivity index (χ1) is 14.2. The summed E-state index contributed by atoms with van der Waals surface area (Å²) in [6.45, 7) is 0. The molecule has 0 bridgehead atoms. The van der Waals surface area contributed by atoms with Gasteiger partial charge in [0.2, 0.25) is 0 Å². The molecule has 0 aliphatic carbocycles. The molecule has 142 valence electrons. The van der Waals surface area contributed by atoms with E-state index in [1.165, 1.54) is 0 Å². The first kappa shape index (κ1) is 18.5. The van der Waals surface area contributed by atoms with Crippen LogP contribution in [-0.4, -0.2) is 11.1 Å². The average molecular weight is 380 g/mol. The minimum Gasteiger partial charge on any atom is -0.478 e. The second-order valence-electron chi connectivity index (χ2n) is 6.71. The molecular formula is C26H20O3. The Morgan fingerprint density at radius 1 is 0.586 bits per heavy atom. The third kappa shape index (κ3) is 3.63. The summed E-state index contributed by atoms with van der Waals surface area (Å²) in [6.07, 6.45) is 0. The zero-order valence-electron chi connectivity index (χ0n) is 15.7. The zero-order chi connectivity index (χ0) is 20.1. The summed E-state index contributed by atoms with van der Waals surface area (Å²) in [6, 6.07) is 35.6. The van der Waals surface area contributed by atoms with E-state index in [0.29, 0.717) is 16.9 Å². The van der Waals surface area contributed by atoms with Gasteiger partial charge in [-0.3, -0.25) is 0 Å². The minimum absolute atomic E-state index is 0.486. The number of ether oxygens (including phenoxy) is 1. The minimum atomic E-state index is -1.64. The SMILES string of the molecule is O=C(O)C(Oc1ccc(-c2ccccc2)cc1)(c1ccccc1)c1ccccc1. The van der Waals surface area contributed by atoms with Crippen LogP contribution in [0.25, 0.3) is 11.1 Å². The molecule has 0 unspecified atom stereocenters. The lowest BCUT2D eigenvalue weighted by atomic mass is 9.86. The summed E-state index contributed by atoms with van der Waals surface area (Å²) in [5.41, 5.74) is 1.61. The van der Waals surface area contributed by atoms with Crippen LogP contribution < -0.4 is 4.74 Å². The fraction of sp³-hybridized carbons (Fsp3) is 0.0385. The van der Waals surface area contributed by atoms with Gasteiger partial charge in [0.15, 0.2) is 0 Å². The third-order valence-corrected chi connectivity index (χ3v) is 4.89. The molecule has 3 heteroatoms. The van der Waals surface area contributed by atoms with Crippen LogP contribution in [0.4, 0.5) is 0 Å². The van der Waals surface area contributed by atoms with Crippen molar-refractivity contribution in [2.75, 3.05) is 0 Å². The van der Waals surface area contributed by atoms with Crippen molar-refractivity contribution in [2.45, 2.75) is 5.60 Å². The molecule has 0 aromatic heterocycles. The predicted molar refractivity (Wildman–Crippen MR) is 114 cm³/mol. The average Bonchev–Trinajstić information content (AvgIpc) is 2.79. The highest BCUT2D eigenvalue weighted by molar-refractivity contribution is 5.84. The molecule has 0 amide bonds. The number of rotatable bonds is 6. The molecular weight excluding hydrogens is 360 g/mol. The number of carboxylic acid groups (broad SMARTS) is 1. The maximum absolute atomic E-state index is 12.6. The Balaban J connectivity index is 1.78. The normalized spacial score (nSPS) is 11.0. The van der Waals surface area contributed by atoms with Gasteiger partial charge in [-0.1, -0.05) is 103 Å². The van der Waals surface area contributed by atoms with Crippen LogP contribution in [0.15, 0.2) is 115 Å². The van der Waals surface area contributed by atoms with Gasteiger partial charge in [0.05, 0.1) is 0 Å². The Morgan fingerprint density at radius 2 is 1.00 bits per heavy atom. The van der Waals surface area contributed by atoms with Crippen LogP contribution in [0.3, 0.4) is 0 Å². The van der Waals surface area contributed by atoms with Crippen molar-refractivity contribution in [3.63, 3.8) is 0 Å². The molecule has 0 aliphatic heterocycles. The second kappa shape index (κ2) is 8.03. The summed E-state index contributed by atoms with van der Waals surface area (Å²) in [5.74, 6) is -0.582. The molecule has 0 fully saturated rings. The Labute approximate surface area is 169 Å². The maximum Gasteiger partial charge on any atom is 0.357 e. The van der Waals surface area contributed by atoms with Gasteiger partial charge in [-0.25, -0.2) is 4.79 Å². The molecule has 0 aliphatic rings. The monoisotopic (exact) mass is 380 g/mol. The third-order valence-electron chi connectivity index (χ3n) is 4.89. The Hall–Kier alpha value is -3.85. The van der Waals surface area contributed by atoms with Crippen molar-refractivity contribution in [2.24, 2.45) is 0 Å². The van der Waals surface area contributed by atoms with Gasteiger partial charge < -0.3 is 9.84 Å². The molecule has 3 nitrogen and oxygen atoms in total. The summed E-state index contributed by atoms with van der Waals surface area (Å²) in [7, 11) is 0. The van der Waals surface area contributed by atoms with Gasteiger partial charge in [-0.05, 0) is 23.3 Å². The lowest BCUT2D eigenvalue weighted by Gasteiger charge is -2.31. The van der Waals surface area contributed by atoms with Gasteiger partial charge in [-0.2, -0.15) is 0 Å². The van der Waals surface area contributed by atoms with E-state index in [2.05, 4.69) is 0 Å². The number of carboxylic acids is 1. The lowest BCUT2D eigenvalue weighted by molar-refractivity contribution is -0.152. The van der Waals surface area contributed by atoms with E-state index in [-0.39, 0.29) is 0 Å². The Morgan fingerprint density at radius 3 is 1.45 bits per heavy atom. The molecule has 0 radical (unpaired) electrons. The summed E-state index contributed by atoms with van der Waals surface area (Å²) in [4.78, 5) is 12.6. The molecule has 0 spiro atoms. The highest BCUT2D eigenvalue weighted by atomic mass is 16.5. The lowest BCUT2D eigenvalue weighted by Crippen LogP contribution is -2.42. The first-order valence-electron chi connectivity index (χ1n) is 9.39. The molecule has 0 atom stereocenters. The van der Waals surface area contributed by atoms with Crippen molar-refractivity contribution < 1.29 is 14.6 Å². The van der Waals surface area contributed by atoms with Gasteiger partial charge in [-0.15, -0.1) is 0 Å². The summed E-state index contributed by atoms with van der Waals surface area (Å²) < 4.78 is 6.23. The molecule has 0 saturated carbocycles. The number of hydrogen-bond donors (Lipinski definition) is 1. The Kier molecular flexibility index (Phi) is 5.12. The van der Waals surface area contributed by atoms with E-state index in [4.69, 9.17) is 4.74 Å². The number of benzene rings is 4. The van der Waals surface area contributed by atoms with E-state index < -0.39 is 11.6 Å². The van der Waals surface area contributed by atoms with Crippen LogP contribution in [0.5, 0.6) is 5.75 Å². The summed E-state index contributed by atoms with van der Waals surface area (Å²) >= 11 is 0. The second-order valence-corrected chi connectivity index (χ2v) is 6.71. The number of aliphatic carboxylic acids is 1. The quantitative estimate of drug-likeness (QED) is 0.462. The van der Waals surface area contributed by atoms with Crippen molar-refractivity contribution in [3.05, 3.63) is 126 Å². The fourth-order valence-electron chi connectivity index (χ4n) is 3.44. The topological polar surface area (TPSA) is 46.5 Å². The molecule has 0 saturated heterocycles. The van der Waals surface area contributed by atoms with Crippen molar-refractivity contribution >= 4 is 5.97 Å². The van der Waals surface area contributed by atoms with Crippen LogP contribution in [0.1, 0.15) is 11.1 Å². The number of hydrogen-bond acceptors (Lipinski definition) is 2. The Bertz CT molecular complexity index is 1030. The standard InChI is InChI=1S/C26H20O3/c27-25(28)26(22-12-6-2-7-13-22,23-14-8-3-9-15-23)29-24-18-16-21(17-19-24)20-10-4-1-5-11-20/h1-19H,(H,27,28). The van der Waals surface area contributed by atoms with Crippen LogP contribution in [-0.2, 0) is 10.4 Å². The molecule has 29 heavy (non-hydrogen) atoms. The molecule has 1 N–H and O–H groups in total. The van der Waals surface area contributed by atoms with Gasteiger partial charge in [0, 0.05) is 11.1 Å². The zero-order valence-corrected chi connectivity index (χ0v) is 15.7. The molecule has 4 aromatic carbocycles. The summed E-state index contributed by atoms with van der Waals surface area (Å²) in [5, 5.41) is 10.3. The van der Waals surface area contributed by atoms with Crippen LogP contribution in [0, 0.1) is 0 Å². The van der Waals surface area contributed by atoms with E-state index in [1.54, 1.807) is 24.3 Å². The van der Waals surface area contributed by atoms with E-state index in [0.717, 1.165) is 11.1 Å². The first-order valence-corrected chi connectivity index (χ1v) is 9.39. The maximum atomic E-state index is 12.6. The van der Waals surface area contributed by atoms with Gasteiger partial charge in [0.25, 0.3) is 5.60 Å². The largest absolute Gasteiger partial charge is 0.478 e. The molecule has 4 rings (SSSR count). The van der Waals surface area contributed by atoms with Gasteiger partial charge in [0.1, 0.15) is 5.75 Å².